The maximum Gasteiger partial charge on any atom is 0.191 e. The van der Waals surface area contributed by atoms with Crippen LogP contribution in [0, 0.1) is 0 Å². The van der Waals surface area contributed by atoms with E-state index >= 15 is 0 Å². The van der Waals surface area contributed by atoms with Gasteiger partial charge in [-0.3, -0.25) is 4.99 Å². The molecule has 0 radical (unpaired) electrons. The molecular formula is C18H32IN3O3S. The largest absolute Gasteiger partial charge is 0.467 e. The molecule has 2 heterocycles. The molecule has 1 aliphatic rings. The van der Waals surface area contributed by atoms with Gasteiger partial charge in [-0.05, 0) is 37.1 Å². The van der Waals surface area contributed by atoms with E-state index in [-0.39, 0.29) is 28.7 Å². The first kappa shape index (κ1) is 23.6. The first-order chi connectivity index (χ1) is 12.3. The summed E-state index contributed by atoms with van der Waals surface area (Å²) in [7, 11) is 1.81. The van der Waals surface area contributed by atoms with Crippen molar-refractivity contribution in [3.05, 3.63) is 24.2 Å². The summed E-state index contributed by atoms with van der Waals surface area (Å²) in [6.07, 6.45) is 4.77. The van der Waals surface area contributed by atoms with E-state index in [9.17, 15) is 0 Å². The Balaban J connectivity index is 0.00000338. The molecule has 1 aliphatic heterocycles. The van der Waals surface area contributed by atoms with E-state index in [1.165, 1.54) is 0 Å². The van der Waals surface area contributed by atoms with Gasteiger partial charge in [0.25, 0.3) is 0 Å². The van der Waals surface area contributed by atoms with Crippen LogP contribution in [0.25, 0.3) is 0 Å². The minimum atomic E-state index is 0. The van der Waals surface area contributed by atoms with E-state index in [0.29, 0.717) is 13.2 Å². The zero-order chi connectivity index (χ0) is 17.8. The Bertz CT molecular complexity index is 488. The third-order valence-corrected chi connectivity index (χ3v) is 5.69. The number of furan rings is 1. The molecule has 26 heavy (non-hydrogen) atoms. The van der Waals surface area contributed by atoms with Crippen LogP contribution in [0.5, 0.6) is 0 Å². The summed E-state index contributed by atoms with van der Waals surface area (Å²) in [5.74, 6) is 2.84. The van der Waals surface area contributed by atoms with Gasteiger partial charge in [-0.2, -0.15) is 11.8 Å². The fraction of sp³-hybridized carbons (Fsp3) is 0.722. The highest BCUT2D eigenvalue weighted by atomic mass is 127. The summed E-state index contributed by atoms with van der Waals surface area (Å²) in [5, 5.41) is 6.84. The van der Waals surface area contributed by atoms with Crippen LogP contribution in [-0.4, -0.2) is 56.4 Å². The van der Waals surface area contributed by atoms with Gasteiger partial charge in [-0.15, -0.1) is 24.0 Å². The number of nitrogens with one attached hydrogen (secondary N) is 2. The third kappa shape index (κ3) is 8.49. The van der Waals surface area contributed by atoms with Crippen molar-refractivity contribution in [2.45, 2.75) is 37.5 Å². The Morgan fingerprint density at radius 2 is 2.15 bits per heavy atom. The monoisotopic (exact) mass is 497 g/mol. The Hall–Kier alpha value is -0.450. The fourth-order valence-electron chi connectivity index (χ4n) is 2.84. The Morgan fingerprint density at radius 1 is 1.35 bits per heavy atom. The van der Waals surface area contributed by atoms with Crippen molar-refractivity contribution in [1.82, 2.24) is 10.6 Å². The van der Waals surface area contributed by atoms with Crippen LogP contribution >= 0.6 is 35.7 Å². The molecule has 1 fully saturated rings. The molecular weight excluding hydrogens is 465 g/mol. The van der Waals surface area contributed by atoms with Crippen molar-refractivity contribution in [3.63, 3.8) is 0 Å². The van der Waals surface area contributed by atoms with Crippen molar-refractivity contribution >= 4 is 41.7 Å². The number of rotatable bonds is 10. The summed E-state index contributed by atoms with van der Waals surface area (Å²) >= 11 is 2.03. The van der Waals surface area contributed by atoms with Gasteiger partial charge >= 0.3 is 0 Å². The number of ether oxygens (including phenoxy) is 2. The lowest BCUT2D eigenvalue weighted by Gasteiger charge is -2.37. The zero-order valence-electron chi connectivity index (χ0n) is 15.8. The lowest BCUT2D eigenvalue weighted by atomic mass is 9.99. The van der Waals surface area contributed by atoms with Gasteiger partial charge in [0, 0.05) is 44.7 Å². The smallest absolute Gasteiger partial charge is 0.191 e. The van der Waals surface area contributed by atoms with E-state index in [2.05, 4.69) is 22.5 Å². The average Bonchev–Trinajstić information content (AvgIpc) is 3.15. The number of thioether (sulfide) groups is 1. The van der Waals surface area contributed by atoms with Crippen LogP contribution in [0.1, 0.15) is 31.9 Å². The van der Waals surface area contributed by atoms with Gasteiger partial charge in [-0.1, -0.05) is 6.92 Å². The highest BCUT2D eigenvalue weighted by Crippen LogP contribution is 2.34. The molecule has 8 heteroatoms. The molecule has 0 bridgehead atoms. The summed E-state index contributed by atoms with van der Waals surface area (Å²) in [4.78, 5) is 4.32. The lowest BCUT2D eigenvalue weighted by molar-refractivity contribution is 0.0782. The maximum atomic E-state index is 5.59. The van der Waals surface area contributed by atoms with Crippen LogP contribution in [0.2, 0.25) is 0 Å². The quantitative estimate of drug-likeness (QED) is 0.224. The van der Waals surface area contributed by atoms with Crippen LogP contribution in [0.4, 0.5) is 0 Å². The molecule has 1 aromatic heterocycles. The minimum absolute atomic E-state index is 0. The number of halogens is 1. The van der Waals surface area contributed by atoms with Crippen LogP contribution in [0.3, 0.4) is 0 Å². The zero-order valence-corrected chi connectivity index (χ0v) is 18.9. The SMILES string of the molecule is CCSC1(CNC(=NC)NCCCOCc2ccco2)CCOCC1.I. The van der Waals surface area contributed by atoms with Crippen LogP contribution in [-0.2, 0) is 16.1 Å². The molecule has 2 N–H and O–H groups in total. The van der Waals surface area contributed by atoms with E-state index in [0.717, 1.165) is 63.0 Å². The summed E-state index contributed by atoms with van der Waals surface area (Å²) in [5.41, 5.74) is 0. The molecule has 0 amide bonds. The van der Waals surface area contributed by atoms with E-state index in [1.54, 1.807) is 6.26 Å². The molecule has 0 saturated carbocycles. The highest BCUT2D eigenvalue weighted by Gasteiger charge is 2.32. The molecule has 0 aliphatic carbocycles. The van der Waals surface area contributed by atoms with Gasteiger partial charge in [0.1, 0.15) is 12.4 Å². The molecule has 6 nitrogen and oxygen atoms in total. The van der Waals surface area contributed by atoms with Crippen molar-refractivity contribution in [1.29, 1.82) is 0 Å². The molecule has 0 spiro atoms. The number of hydrogen-bond acceptors (Lipinski definition) is 5. The van der Waals surface area contributed by atoms with Gasteiger partial charge in [0.2, 0.25) is 0 Å². The van der Waals surface area contributed by atoms with Crippen molar-refractivity contribution in [3.8, 4) is 0 Å². The number of hydrogen-bond donors (Lipinski definition) is 2. The lowest BCUT2D eigenvalue weighted by Crippen LogP contribution is -2.48. The van der Waals surface area contributed by atoms with Gasteiger partial charge in [-0.25, -0.2) is 0 Å². The normalized spacial score (nSPS) is 16.8. The summed E-state index contributed by atoms with van der Waals surface area (Å²) < 4.78 is 16.6. The Kier molecular flexibility index (Phi) is 12.4. The highest BCUT2D eigenvalue weighted by molar-refractivity contribution is 14.0. The van der Waals surface area contributed by atoms with Crippen LogP contribution in [0.15, 0.2) is 27.8 Å². The topological polar surface area (TPSA) is 68.0 Å². The van der Waals surface area contributed by atoms with Crippen LogP contribution < -0.4 is 10.6 Å². The fourth-order valence-corrected chi connectivity index (χ4v) is 4.08. The van der Waals surface area contributed by atoms with Crippen molar-refractivity contribution in [2.24, 2.45) is 4.99 Å². The van der Waals surface area contributed by atoms with Gasteiger partial charge in [0.15, 0.2) is 5.96 Å². The Morgan fingerprint density at radius 3 is 2.81 bits per heavy atom. The second-order valence-corrected chi connectivity index (χ2v) is 7.80. The predicted octanol–water partition coefficient (Wildman–Crippen LogP) is 3.27. The van der Waals surface area contributed by atoms with Crippen molar-refractivity contribution in [2.75, 3.05) is 45.7 Å². The van der Waals surface area contributed by atoms with Crippen molar-refractivity contribution < 1.29 is 13.9 Å². The average molecular weight is 497 g/mol. The first-order valence-corrected chi connectivity index (χ1v) is 10.0. The minimum Gasteiger partial charge on any atom is -0.467 e. The number of nitrogens with zero attached hydrogens (tertiary/aromatic N) is 1. The molecule has 0 unspecified atom stereocenters. The van der Waals surface area contributed by atoms with E-state index < -0.39 is 0 Å². The summed E-state index contributed by atoms with van der Waals surface area (Å²) in [6.45, 7) is 6.90. The van der Waals surface area contributed by atoms with Gasteiger partial charge < -0.3 is 24.5 Å². The summed E-state index contributed by atoms with van der Waals surface area (Å²) in [6, 6.07) is 3.79. The van der Waals surface area contributed by atoms with E-state index in [1.807, 2.05) is 30.9 Å². The molecule has 0 aromatic carbocycles. The standard InChI is InChI=1S/C18H31N3O3S.HI/c1-3-25-18(7-12-22-13-8-18)15-21-17(19-2)20-9-5-10-23-14-16-6-4-11-24-16;/h4,6,11H,3,5,7-10,12-15H2,1-2H3,(H2,19,20,21);1H. The third-order valence-electron chi connectivity index (χ3n) is 4.24. The number of aliphatic imine (C=N–C) groups is 1. The first-order valence-electron chi connectivity index (χ1n) is 9.04. The predicted molar refractivity (Wildman–Crippen MR) is 119 cm³/mol. The second kappa shape index (κ2) is 13.7. The van der Waals surface area contributed by atoms with E-state index in [4.69, 9.17) is 13.9 Å². The second-order valence-electron chi connectivity index (χ2n) is 6.07. The maximum absolute atomic E-state index is 5.59. The molecule has 0 atom stereocenters. The molecule has 1 aromatic rings. The molecule has 2 rings (SSSR count). The molecule has 150 valence electrons. The number of guanidine groups is 1. The molecule has 1 saturated heterocycles. The van der Waals surface area contributed by atoms with Gasteiger partial charge in [0.05, 0.1) is 6.26 Å². The Labute approximate surface area is 178 Å².